The smallest absolute Gasteiger partial charge is 0.172 e. The van der Waals surface area contributed by atoms with Crippen molar-refractivity contribution in [2.45, 2.75) is 12.5 Å². The summed E-state index contributed by atoms with van der Waals surface area (Å²) < 4.78 is 22.5. The summed E-state index contributed by atoms with van der Waals surface area (Å²) in [7, 11) is -2.88. The molecule has 2 rings (SSSR count). The molecule has 0 saturated carbocycles. The van der Waals surface area contributed by atoms with Crippen LogP contribution in [0.2, 0.25) is 0 Å². The van der Waals surface area contributed by atoms with Gasteiger partial charge in [-0.2, -0.15) is 0 Å². The Morgan fingerprint density at radius 1 is 1.47 bits per heavy atom. The zero-order valence-corrected chi connectivity index (χ0v) is 10.7. The van der Waals surface area contributed by atoms with Crippen molar-refractivity contribution in [3.63, 3.8) is 0 Å². The zero-order valence-electron chi connectivity index (χ0n) is 9.09. The number of pyridine rings is 1. The van der Waals surface area contributed by atoms with Gasteiger partial charge in [0.05, 0.1) is 11.5 Å². The summed E-state index contributed by atoms with van der Waals surface area (Å²) in [6.07, 6.45) is 2.26. The number of hydrogen-bond acceptors (Lipinski definition) is 4. The summed E-state index contributed by atoms with van der Waals surface area (Å²) in [5.41, 5.74) is 0. The van der Waals surface area contributed by atoms with E-state index in [2.05, 4.69) is 15.6 Å². The molecule has 1 fully saturated rings. The molecule has 0 unspecified atom stereocenters. The highest BCUT2D eigenvalue weighted by molar-refractivity contribution is 7.91. The molecule has 1 saturated heterocycles. The minimum Gasteiger partial charge on any atom is -0.359 e. The lowest BCUT2D eigenvalue weighted by molar-refractivity contribution is 0.600. The second-order valence-electron chi connectivity index (χ2n) is 3.91. The summed E-state index contributed by atoms with van der Waals surface area (Å²) >= 11 is 5.09. The van der Waals surface area contributed by atoms with Crippen molar-refractivity contribution in [1.82, 2.24) is 10.3 Å². The Balaban J connectivity index is 1.87. The van der Waals surface area contributed by atoms with Crippen LogP contribution in [0.1, 0.15) is 6.42 Å². The molecule has 1 aliphatic heterocycles. The Morgan fingerprint density at radius 2 is 2.29 bits per heavy atom. The summed E-state index contributed by atoms with van der Waals surface area (Å²) in [4.78, 5) is 4.07. The van der Waals surface area contributed by atoms with E-state index in [1.54, 1.807) is 12.3 Å². The Hall–Kier alpha value is -1.21. The van der Waals surface area contributed by atoms with Crippen LogP contribution in [0.25, 0.3) is 0 Å². The summed E-state index contributed by atoms with van der Waals surface area (Å²) in [6.45, 7) is 0. The highest BCUT2D eigenvalue weighted by atomic mass is 32.2. The first kappa shape index (κ1) is 12.3. The van der Waals surface area contributed by atoms with E-state index in [-0.39, 0.29) is 17.5 Å². The van der Waals surface area contributed by atoms with Crippen LogP contribution in [0.5, 0.6) is 0 Å². The summed E-state index contributed by atoms with van der Waals surface area (Å²) in [6, 6.07) is 5.35. The highest BCUT2D eigenvalue weighted by Gasteiger charge is 2.28. The molecule has 5 nitrogen and oxygen atoms in total. The number of sulfone groups is 1. The first-order valence-electron chi connectivity index (χ1n) is 5.24. The molecule has 0 aromatic carbocycles. The van der Waals surface area contributed by atoms with Crippen molar-refractivity contribution in [2.24, 2.45) is 0 Å². The third-order valence-corrected chi connectivity index (χ3v) is 4.46. The SMILES string of the molecule is O=S1(=O)CC[C@H](NC(=S)Nc2ccccn2)C1. The second kappa shape index (κ2) is 4.97. The molecule has 1 aromatic heterocycles. The lowest BCUT2D eigenvalue weighted by Gasteiger charge is -2.14. The van der Waals surface area contributed by atoms with Gasteiger partial charge in [-0.05, 0) is 30.8 Å². The maximum Gasteiger partial charge on any atom is 0.172 e. The third kappa shape index (κ3) is 3.64. The Labute approximate surface area is 106 Å². The van der Waals surface area contributed by atoms with E-state index in [0.717, 1.165) is 0 Å². The van der Waals surface area contributed by atoms with Crippen LogP contribution < -0.4 is 10.6 Å². The maximum atomic E-state index is 11.3. The summed E-state index contributed by atoms with van der Waals surface area (Å²) in [5, 5.41) is 6.30. The molecule has 2 N–H and O–H groups in total. The number of aromatic nitrogens is 1. The quantitative estimate of drug-likeness (QED) is 0.766. The van der Waals surface area contributed by atoms with Gasteiger partial charge in [-0.25, -0.2) is 13.4 Å². The van der Waals surface area contributed by atoms with Gasteiger partial charge in [0.1, 0.15) is 5.82 Å². The van der Waals surface area contributed by atoms with Crippen LogP contribution in [0.4, 0.5) is 5.82 Å². The first-order chi connectivity index (χ1) is 8.05. The van der Waals surface area contributed by atoms with Gasteiger partial charge in [0.2, 0.25) is 0 Å². The van der Waals surface area contributed by atoms with E-state index >= 15 is 0 Å². The monoisotopic (exact) mass is 271 g/mol. The fourth-order valence-corrected chi connectivity index (χ4v) is 3.63. The molecule has 0 radical (unpaired) electrons. The van der Waals surface area contributed by atoms with E-state index in [1.165, 1.54) is 0 Å². The van der Waals surface area contributed by atoms with Gasteiger partial charge >= 0.3 is 0 Å². The standard InChI is InChI=1S/C10H13N3O2S2/c14-17(15)6-4-8(7-17)12-10(16)13-9-3-1-2-5-11-9/h1-3,5,8H,4,6-7H2,(H2,11,12,13,16)/t8-/m0/s1. The van der Waals surface area contributed by atoms with Gasteiger partial charge in [0, 0.05) is 12.2 Å². The molecule has 17 heavy (non-hydrogen) atoms. The number of nitrogens with one attached hydrogen (secondary N) is 2. The van der Waals surface area contributed by atoms with Crippen LogP contribution in [-0.4, -0.2) is 36.1 Å². The van der Waals surface area contributed by atoms with Gasteiger partial charge in [0.15, 0.2) is 14.9 Å². The molecule has 92 valence electrons. The van der Waals surface area contributed by atoms with Crippen LogP contribution in [0, 0.1) is 0 Å². The van der Waals surface area contributed by atoms with Crippen molar-refractivity contribution in [2.75, 3.05) is 16.8 Å². The number of rotatable bonds is 2. The van der Waals surface area contributed by atoms with E-state index in [1.807, 2.05) is 12.1 Å². The lowest BCUT2D eigenvalue weighted by atomic mass is 10.3. The molecule has 0 spiro atoms. The molecule has 1 aromatic rings. The fraction of sp³-hybridized carbons (Fsp3) is 0.400. The number of nitrogens with zero attached hydrogens (tertiary/aromatic N) is 1. The maximum absolute atomic E-state index is 11.3. The van der Waals surface area contributed by atoms with E-state index in [0.29, 0.717) is 17.4 Å². The van der Waals surface area contributed by atoms with Crippen LogP contribution in [-0.2, 0) is 9.84 Å². The number of hydrogen-bond donors (Lipinski definition) is 2. The molecular weight excluding hydrogens is 258 g/mol. The van der Waals surface area contributed by atoms with Crippen molar-refractivity contribution in [3.05, 3.63) is 24.4 Å². The van der Waals surface area contributed by atoms with Gasteiger partial charge in [-0.15, -0.1) is 0 Å². The third-order valence-electron chi connectivity index (χ3n) is 2.47. The molecule has 0 amide bonds. The van der Waals surface area contributed by atoms with Gasteiger partial charge in [-0.3, -0.25) is 0 Å². The Bertz CT molecular complexity index is 502. The highest BCUT2D eigenvalue weighted by Crippen LogP contribution is 2.11. The van der Waals surface area contributed by atoms with Gasteiger partial charge in [-0.1, -0.05) is 6.07 Å². The number of anilines is 1. The zero-order chi connectivity index (χ0) is 12.3. The molecule has 0 bridgehead atoms. The minimum atomic E-state index is -2.88. The van der Waals surface area contributed by atoms with Crippen molar-refractivity contribution in [3.8, 4) is 0 Å². The second-order valence-corrected chi connectivity index (χ2v) is 6.55. The van der Waals surface area contributed by atoms with Crippen LogP contribution >= 0.6 is 12.2 Å². The fourth-order valence-electron chi connectivity index (χ4n) is 1.68. The van der Waals surface area contributed by atoms with E-state index in [9.17, 15) is 8.42 Å². The predicted octanol–water partition coefficient (Wildman–Crippen LogP) is 0.555. The molecule has 2 heterocycles. The Kier molecular flexibility index (Phi) is 3.58. The molecule has 1 atom stereocenters. The average Bonchev–Trinajstić information content (AvgIpc) is 2.59. The van der Waals surface area contributed by atoms with Crippen molar-refractivity contribution in [1.29, 1.82) is 0 Å². The molecule has 7 heteroatoms. The molecular formula is C10H13N3O2S2. The van der Waals surface area contributed by atoms with E-state index < -0.39 is 9.84 Å². The predicted molar refractivity (Wildman–Crippen MR) is 70.7 cm³/mol. The van der Waals surface area contributed by atoms with Crippen LogP contribution in [0.3, 0.4) is 0 Å². The Morgan fingerprint density at radius 3 is 2.88 bits per heavy atom. The largest absolute Gasteiger partial charge is 0.359 e. The normalized spacial score (nSPS) is 22.0. The van der Waals surface area contributed by atoms with Gasteiger partial charge in [0.25, 0.3) is 0 Å². The lowest BCUT2D eigenvalue weighted by Crippen LogP contribution is -2.38. The van der Waals surface area contributed by atoms with E-state index in [4.69, 9.17) is 12.2 Å². The topological polar surface area (TPSA) is 71.1 Å². The van der Waals surface area contributed by atoms with Gasteiger partial charge < -0.3 is 10.6 Å². The van der Waals surface area contributed by atoms with Crippen LogP contribution in [0.15, 0.2) is 24.4 Å². The van der Waals surface area contributed by atoms with Crippen molar-refractivity contribution < 1.29 is 8.42 Å². The first-order valence-corrected chi connectivity index (χ1v) is 7.47. The summed E-state index contributed by atoms with van der Waals surface area (Å²) in [5.74, 6) is 1.03. The molecule has 1 aliphatic rings. The van der Waals surface area contributed by atoms with Crippen molar-refractivity contribution >= 4 is 33.0 Å². The molecule has 0 aliphatic carbocycles. The average molecular weight is 271 g/mol. The number of thiocarbonyl (C=S) groups is 1. The minimum absolute atomic E-state index is 0.0938.